The molecule has 1 aliphatic heterocycles. The molecule has 3 rings (SSSR count). The molecule has 0 bridgehead atoms. The van der Waals surface area contributed by atoms with Gasteiger partial charge in [0.1, 0.15) is 12.2 Å². The lowest BCUT2D eigenvalue weighted by Gasteiger charge is -2.43. The van der Waals surface area contributed by atoms with Gasteiger partial charge in [-0.1, -0.05) is 54.6 Å². The Balaban J connectivity index is 1.36. The minimum absolute atomic E-state index is 0.0254. The standard InChI is InChI=1S/C25H35NO5/c1-18(19-10-12-21(13-11-19)20-8-4-2-5-9-20)31-15-7-3-6-14-26-16-23(28)25(30)24(29)22(26)17-27/h2,4-5,8-13,18,22-25,27-30H,3,6-7,14-17H2,1H3/t18-,22+,23?,24+,25+/m0/s1. The Morgan fingerprint density at radius 3 is 2.26 bits per heavy atom. The molecule has 0 aliphatic carbocycles. The van der Waals surface area contributed by atoms with Gasteiger partial charge < -0.3 is 25.2 Å². The number of β-amino-alcohol motifs (C(OH)–C–C–N with tert-alkyl or cyclic N) is 1. The van der Waals surface area contributed by atoms with Gasteiger partial charge in [0.2, 0.25) is 0 Å². The number of benzene rings is 2. The largest absolute Gasteiger partial charge is 0.395 e. The summed E-state index contributed by atoms with van der Waals surface area (Å²) in [5, 5.41) is 39.2. The number of aliphatic hydroxyl groups excluding tert-OH is 4. The molecule has 6 nitrogen and oxygen atoms in total. The molecule has 4 N–H and O–H groups in total. The van der Waals surface area contributed by atoms with Gasteiger partial charge in [0, 0.05) is 13.2 Å². The Hall–Kier alpha value is -1.80. The molecular weight excluding hydrogens is 394 g/mol. The Morgan fingerprint density at radius 2 is 1.58 bits per heavy atom. The summed E-state index contributed by atoms with van der Waals surface area (Å²) < 4.78 is 5.99. The SMILES string of the molecule is C[C@H](OCCCCCN1CC(O)[C@@H](O)[C@H](O)[C@H]1CO)c1ccc(-c2ccccc2)cc1. The quantitative estimate of drug-likeness (QED) is 0.433. The number of hydrogen-bond acceptors (Lipinski definition) is 6. The average molecular weight is 430 g/mol. The fourth-order valence-corrected chi connectivity index (χ4v) is 4.16. The summed E-state index contributed by atoms with van der Waals surface area (Å²) in [7, 11) is 0. The van der Waals surface area contributed by atoms with Crippen molar-refractivity contribution in [1.29, 1.82) is 0 Å². The highest BCUT2D eigenvalue weighted by atomic mass is 16.5. The first kappa shape index (κ1) is 23.9. The van der Waals surface area contributed by atoms with E-state index in [1.807, 2.05) is 23.1 Å². The van der Waals surface area contributed by atoms with Crippen molar-refractivity contribution in [1.82, 2.24) is 4.90 Å². The van der Waals surface area contributed by atoms with Crippen molar-refractivity contribution < 1.29 is 25.2 Å². The van der Waals surface area contributed by atoms with E-state index in [0.29, 0.717) is 13.2 Å². The fourth-order valence-electron chi connectivity index (χ4n) is 4.16. The summed E-state index contributed by atoms with van der Waals surface area (Å²) in [6, 6.07) is 18.2. The molecule has 170 valence electrons. The molecule has 31 heavy (non-hydrogen) atoms. The van der Waals surface area contributed by atoms with Crippen molar-refractivity contribution >= 4 is 0 Å². The van der Waals surface area contributed by atoms with E-state index in [9.17, 15) is 20.4 Å². The van der Waals surface area contributed by atoms with Gasteiger partial charge >= 0.3 is 0 Å². The summed E-state index contributed by atoms with van der Waals surface area (Å²) in [4.78, 5) is 1.86. The maximum absolute atomic E-state index is 10.0. The van der Waals surface area contributed by atoms with Crippen LogP contribution in [-0.4, -0.2) is 76.0 Å². The lowest BCUT2D eigenvalue weighted by atomic mass is 9.94. The van der Waals surface area contributed by atoms with E-state index in [1.165, 1.54) is 11.1 Å². The molecule has 5 atom stereocenters. The molecular formula is C25H35NO5. The van der Waals surface area contributed by atoms with Gasteiger partial charge in [-0.05, 0) is 49.4 Å². The molecule has 2 aromatic rings. The van der Waals surface area contributed by atoms with Crippen molar-refractivity contribution in [2.24, 2.45) is 0 Å². The van der Waals surface area contributed by atoms with Gasteiger partial charge in [0.05, 0.1) is 24.9 Å². The number of hydrogen-bond donors (Lipinski definition) is 4. The number of unbranched alkanes of at least 4 members (excludes halogenated alkanes) is 2. The molecule has 0 radical (unpaired) electrons. The smallest absolute Gasteiger partial charge is 0.109 e. The Bertz CT molecular complexity index is 769. The normalized spacial score (nSPS) is 25.5. The van der Waals surface area contributed by atoms with Crippen molar-refractivity contribution in [2.45, 2.75) is 56.6 Å². The van der Waals surface area contributed by atoms with Gasteiger partial charge in [0.15, 0.2) is 0 Å². The molecule has 2 aromatic carbocycles. The van der Waals surface area contributed by atoms with Crippen LogP contribution >= 0.6 is 0 Å². The lowest BCUT2D eigenvalue weighted by molar-refractivity contribution is -0.145. The second-order valence-corrected chi connectivity index (χ2v) is 8.36. The number of ether oxygens (including phenoxy) is 1. The van der Waals surface area contributed by atoms with Gasteiger partial charge in [-0.15, -0.1) is 0 Å². The molecule has 0 saturated carbocycles. The van der Waals surface area contributed by atoms with E-state index in [0.717, 1.165) is 24.8 Å². The van der Waals surface area contributed by atoms with Crippen LogP contribution in [0, 0.1) is 0 Å². The minimum Gasteiger partial charge on any atom is -0.395 e. The monoisotopic (exact) mass is 429 g/mol. The molecule has 0 aromatic heterocycles. The second kappa shape index (κ2) is 11.7. The summed E-state index contributed by atoms with van der Waals surface area (Å²) in [6.45, 7) is 3.40. The van der Waals surface area contributed by atoms with Crippen LogP contribution < -0.4 is 0 Å². The van der Waals surface area contributed by atoms with E-state index >= 15 is 0 Å². The Kier molecular flexibility index (Phi) is 9.02. The van der Waals surface area contributed by atoms with Gasteiger partial charge in [-0.25, -0.2) is 0 Å². The molecule has 1 fully saturated rings. The van der Waals surface area contributed by atoms with Crippen LogP contribution in [0.15, 0.2) is 54.6 Å². The van der Waals surface area contributed by atoms with Gasteiger partial charge in [-0.2, -0.15) is 0 Å². The van der Waals surface area contributed by atoms with Crippen LogP contribution in [-0.2, 0) is 4.74 Å². The van der Waals surface area contributed by atoms with Crippen LogP contribution in [0.25, 0.3) is 11.1 Å². The highest BCUT2D eigenvalue weighted by molar-refractivity contribution is 5.63. The molecule has 1 saturated heterocycles. The van der Waals surface area contributed by atoms with Crippen LogP contribution in [0.2, 0.25) is 0 Å². The number of likely N-dealkylation sites (tertiary alicyclic amines) is 1. The highest BCUT2D eigenvalue weighted by Crippen LogP contribution is 2.24. The lowest BCUT2D eigenvalue weighted by Crippen LogP contribution is -2.62. The van der Waals surface area contributed by atoms with E-state index in [-0.39, 0.29) is 19.3 Å². The van der Waals surface area contributed by atoms with Crippen molar-refractivity contribution in [3.8, 4) is 11.1 Å². The summed E-state index contributed by atoms with van der Waals surface area (Å²) in [5.74, 6) is 0. The summed E-state index contributed by atoms with van der Waals surface area (Å²) >= 11 is 0. The second-order valence-electron chi connectivity index (χ2n) is 8.36. The maximum Gasteiger partial charge on any atom is 0.109 e. The zero-order valence-electron chi connectivity index (χ0n) is 18.2. The van der Waals surface area contributed by atoms with Crippen LogP contribution in [0.5, 0.6) is 0 Å². The zero-order chi connectivity index (χ0) is 22.2. The van der Waals surface area contributed by atoms with E-state index in [4.69, 9.17) is 4.74 Å². The maximum atomic E-state index is 10.0. The van der Waals surface area contributed by atoms with E-state index in [1.54, 1.807) is 0 Å². The topological polar surface area (TPSA) is 93.4 Å². The van der Waals surface area contributed by atoms with E-state index < -0.39 is 24.4 Å². The predicted octanol–water partition coefficient (Wildman–Crippen LogP) is 2.36. The zero-order valence-corrected chi connectivity index (χ0v) is 18.2. The number of rotatable bonds is 10. The third-order valence-corrected chi connectivity index (χ3v) is 6.16. The molecule has 1 aliphatic rings. The van der Waals surface area contributed by atoms with Gasteiger partial charge in [-0.3, -0.25) is 4.90 Å². The first-order chi connectivity index (χ1) is 15.0. The molecule has 1 unspecified atom stereocenters. The third kappa shape index (κ3) is 6.35. The first-order valence-electron chi connectivity index (χ1n) is 11.2. The van der Waals surface area contributed by atoms with Crippen molar-refractivity contribution in [2.75, 3.05) is 26.3 Å². The average Bonchev–Trinajstić information content (AvgIpc) is 2.80. The molecule has 1 heterocycles. The van der Waals surface area contributed by atoms with Crippen LogP contribution in [0.3, 0.4) is 0 Å². The third-order valence-electron chi connectivity index (χ3n) is 6.16. The predicted molar refractivity (Wildman–Crippen MR) is 121 cm³/mol. The fraction of sp³-hybridized carbons (Fsp3) is 0.520. The highest BCUT2D eigenvalue weighted by Gasteiger charge is 2.40. The molecule has 0 amide bonds. The van der Waals surface area contributed by atoms with Gasteiger partial charge in [0.25, 0.3) is 0 Å². The number of aliphatic hydroxyl groups is 4. The minimum atomic E-state index is -1.20. The molecule has 0 spiro atoms. The summed E-state index contributed by atoms with van der Waals surface area (Å²) in [6.07, 6.45) is -0.569. The van der Waals surface area contributed by atoms with Crippen molar-refractivity contribution in [3.05, 3.63) is 60.2 Å². The molecule has 6 heteroatoms. The number of nitrogens with zero attached hydrogens (tertiary/aromatic N) is 1. The number of piperidine rings is 1. The Labute approximate surface area is 184 Å². The van der Waals surface area contributed by atoms with E-state index in [2.05, 4.69) is 43.3 Å². The van der Waals surface area contributed by atoms with Crippen LogP contribution in [0.1, 0.15) is 37.9 Å². The summed E-state index contributed by atoms with van der Waals surface area (Å²) in [5.41, 5.74) is 3.55. The first-order valence-corrected chi connectivity index (χ1v) is 11.2. The Morgan fingerprint density at radius 1 is 0.903 bits per heavy atom. The van der Waals surface area contributed by atoms with Crippen LogP contribution in [0.4, 0.5) is 0 Å². The van der Waals surface area contributed by atoms with Crippen molar-refractivity contribution in [3.63, 3.8) is 0 Å².